The van der Waals surface area contributed by atoms with Crippen molar-refractivity contribution < 1.29 is 24.0 Å². The van der Waals surface area contributed by atoms with Crippen LogP contribution in [0.1, 0.15) is 134 Å². The van der Waals surface area contributed by atoms with Gasteiger partial charge < -0.3 is 9.47 Å². The van der Waals surface area contributed by atoms with Crippen LogP contribution in [0, 0.1) is 49.2 Å². The minimum atomic E-state index is -0.985. The van der Waals surface area contributed by atoms with Gasteiger partial charge in [0.1, 0.15) is 12.2 Å². The van der Waals surface area contributed by atoms with E-state index in [9.17, 15) is 4.79 Å². The molecule has 2 bridgehead atoms. The number of hydrogen-bond donors (Lipinski definition) is 0. The van der Waals surface area contributed by atoms with Crippen LogP contribution in [0.15, 0.2) is 0 Å². The van der Waals surface area contributed by atoms with Gasteiger partial charge in [0.05, 0.1) is 12.0 Å². The summed E-state index contributed by atoms with van der Waals surface area (Å²) in [5.41, 5.74) is -0.00147. The molecular formula is C34H56O5. The van der Waals surface area contributed by atoms with Gasteiger partial charge in [-0.25, -0.2) is 4.89 Å². The maximum Gasteiger partial charge on any atom is 0.302 e. The standard InChI is InChI=1S/C34H56O5/c1-22(35)37-24-12-13-32(10)31(9)19-17-29(7)23-20-26(2,3)14-15-28(23,6)16-18-30(29,8)33(31,11)25-21-36-34(32,39-38-25)27(24,4)5/h23-25H,12-21H2,1-11H3/t23-,24+,25?,28-,29+,30+,31+,32-,33+,34?/m1/s1. The van der Waals surface area contributed by atoms with E-state index in [1.165, 1.54) is 45.4 Å². The third-order valence-electron chi connectivity index (χ3n) is 15.8. The highest BCUT2D eigenvalue weighted by molar-refractivity contribution is 5.66. The first-order valence-electron chi connectivity index (χ1n) is 16.0. The molecule has 0 radical (unpaired) electrons. The molecule has 10 atom stereocenters. The summed E-state index contributed by atoms with van der Waals surface area (Å²) in [6.07, 6.45) is 10.2. The fourth-order valence-corrected chi connectivity index (χ4v) is 12.5. The lowest BCUT2D eigenvalue weighted by Gasteiger charge is -2.77. The molecule has 2 unspecified atom stereocenters. The van der Waals surface area contributed by atoms with Crippen LogP contribution in [0.25, 0.3) is 0 Å². The molecule has 0 aromatic heterocycles. The SMILES string of the molecule is CC(=O)O[C@H]1CC[C@@]2(C)C3(OCC(OO3)[C@@]3(C)[C@@]4(C)CC[C@@]5(C)CCC(C)(C)C[C@H]5[C@]4(C)CC[C@]32C)C1(C)C. The Morgan fingerprint density at radius 2 is 1.41 bits per heavy atom. The van der Waals surface area contributed by atoms with Gasteiger partial charge in [-0.3, -0.25) is 4.79 Å². The van der Waals surface area contributed by atoms with E-state index in [1.807, 2.05) is 0 Å². The number of carbonyl (C=O) groups is 1. The van der Waals surface area contributed by atoms with Crippen molar-refractivity contribution in [3.8, 4) is 0 Å². The van der Waals surface area contributed by atoms with Gasteiger partial charge in [0.15, 0.2) is 0 Å². The Bertz CT molecular complexity index is 1060. The lowest BCUT2D eigenvalue weighted by Crippen LogP contribution is -2.75. The largest absolute Gasteiger partial charge is 0.462 e. The smallest absolute Gasteiger partial charge is 0.302 e. The Morgan fingerprint density at radius 1 is 0.769 bits per heavy atom. The summed E-state index contributed by atoms with van der Waals surface area (Å²) in [7, 11) is 0. The van der Waals surface area contributed by atoms with Crippen LogP contribution in [0.2, 0.25) is 0 Å². The van der Waals surface area contributed by atoms with E-state index in [2.05, 4.69) is 69.2 Å². The fraction of sp³-hybridized carbons (Fsp3) is 0.971. The van der Waals surface area contributed by atoms with Crippen molar-refractivity contribution in [2.24, 2.45) is 49.2 Å². The maximum atomic E-state index is 12.1. The van der Waals surface area contributed by atoms with E-state index in [1.54, 1.807) is 0 Å². The van der Waals surface area contributed by atoms with Crippen LogP contribution in [0.4, 0.5) is 0 Å². The summed E-state index contributed by atoms with van der Waals surface area (Å²) in [6.45, 7) is 26.8. The van der Waals surface area contributed by atoms with Gasteiger partial charge in [0, 0.05) is 17.8 Å². The van der Waals surface area contributed by atoms with Crippen LogP contribution in [-0.2, 0) is 24.0 Å². The molecule has 3 heterocycles. The summed E-state index contributed by atoms with van der Waals surface area (Å²) in [6, 6.07) is 0. The molecule has 4 aliphatic carbocycles. The van der Waals surface area contributed by atoms with E-state index >= 15 is 0 Å². The number of fused-ring (bicyclic) bond motifs is 5. The molecule has 0 N–H and O–H groups in total. The fourth-order valence-electron chi connectivity index (χ4n) is 12.5. The third-order valence-corrected chi connectivity index (χ3v) is 15.8. The van der Waals surface area contributed by atoms with Gasteiger partial charge in [0.25, 0.3) is 0 Å². The first-order valence-corrected chi connectivity index (χ1v) is 16.0. The minimum Gasteiger partial charge on any atom is -0.462 e. The van der Waals surface area contributed by atoms with Gasteiger partial charge in [0.2, 0.25) is 5.79 Å². The summed E-state index contributed by atoms with van der Waals surface area (Å²) in [5, 5.41) is 0. The molecule has 1 spiro atoms. The second-order valence-electron chi connectivity index (χ2n) is 17.6. The highest BCUT2D eigenvalue weighted by atomic mass is 17.2. The molecule has 7 rings (SSSR count). The molecule has 39 heavy (non-hydrogen) atoms. The molecule has 0 amide bonds. The van der Waals surface area contributed by atoms with E-state index in [0.717, 1.165) is 19.3 Å². The molecule has 0 aromatic rings. The quantitative estimate of drug-likeness (QED) is 0.246. The Labute approximate surface area is 237 Å². The summed E-state index contributed by atoms with van der Waals surface area (Å²) in [5.74, 6) is -0.523. The molecule has 7 aliphatic rings. The van der Waals surface area contributed by atoms with Gasteiger partial charge in [-0.05, 0) is 90.8 Å². The summed E-state index contributed by atoms with van der Waals surface area (Å²) in [4.78, 5) is 25.4. The summed E-state index contributed by atoms with van der Waals surface area (Å²) >= 11 is 0. The highest BCUT2D eigenvalue weighted by Crippen LogP contribution is 2.84. The monoisotopic (exact) mass is 544 g/mol. The van der Waals surface area contributed by atoms with Crippen molar-refractivity contribution in [1.29, 1.82) is 0 Å². The predicted octanol–water partition coefficient (Wildman–Crippen LogP) is 8.25. The molecular weight excluding hydrogens is 488 g/mol. The number of ether oxygens (including phenoxy) is 2. The number of carbonyl (C=O) groups excluding carboxylic acids is 1. The zero-order valence-electron chi connectivity index (χ0n) is 26.8. The van der Waals surface area contributed by atoms with Crippen molar-refractivity contribution in [3.63, 3.8) is 0 Å². The zero-order valence-corrected chi connectivity index (χ0v) is 26.8. The average Bonchev–Trinajstić information content (AvgIpc) is 2.96. The molecule has 7 fully saturated rings. The minimum absolute atomic E-state index is 0.0717. The van der Waals surface area contributed by atoms with Crippen molar-refractivity contribution in [3.05, 3.63) is 0 Å². The lowest BCUT2D eigenvalue weighted by atomic mass is 9.26. The van der Waals surface area contributed by atoms with Crippen LogP contribution in [0.5, 0.6) is 0 Å². The second kappa shape index (κ2) is 7.84. The molecule has 5 nitrogen and oxygen atoms in total. The van der Waals surface area contributed by atoms with Crippen molar-refractivity contribution in [2.75, 3.05) is 6.61 Å². The van der Waals surface area contributed by atoms with Crippen LogP contribution in [0.3, 0.4) is 0 Å². The topological polar surface area (TPSA) is 54.0 Å². The van der Waals surface area contributed by atoms with Crippen LogP contribution < -0.4 is 0 Å². The molecule has 5 heteroatoms. The van der Waals surface area contributed by atoms with Gasteiger partial charge >= 0.3 is 5.97 Å². The Hall–Kier alpha value is -0.650. The predicted molar refractivity (Wildman–Crippen MR) is 151 cm³/mol. The van der Waals surface area contributed by atoms with E-state index in [4.69, 9.17) is 19.2 Å². The lowest BCUT2D eigenvalue weighted by molar-refractivity contribution is -0.539. The highest BCUT2D eigenvalue weighted by Gasteiger charge is 2.84. The maximum absolute atomic E-state index is 12.1. The van der Waals surface area contributed by atoms with E-state index in [0.29, 0.717) is 23.4 Å². The van der Waals surface area contributed by atoms with Gasteiger partial charge in [-0.15, -0.1) is 0 Å². The zero-order chi connectivity index (χ0) is 28.7. The Kier molecular flexibility index (Phi) is 5.72. The molecule has 222 valence electrons. The van der Waals surface area contributed by atoms with Gasteiger partial charge in [-0.1, -0.05) is 69.2 Å². The number of esters is 1. The Balaban J connectivity index is 1.52. The third kappa shape index (κ3) is 2.97. The number of hydrogen-bond acceptors (Lipinski definition) is 5. The van der Waals surface area contributed by atoms with Gasteiger partial charge in [-0.2, -0.15) is 4.89 Å². The van der Waals surface area contributed by atoms with E-state index in [-0.39, 0.29) is 45.3 Å². The Morgan fingerprint density at radius 3 is 2.03 bits per heavy atom. The average molecular weight is 545 g/mol. The number of rotatable bonds is 1. The normalized spacial score (nSPS) is 57.3. The second-order valence-corrected chi connectivity index (χ2v) is 17.6. The molecule has 3 aliphatic heterocycles. The van der Waals surface area contributed by atoms with Crippen LogP contribution in [-0.4, -0.2) is 30.6 Å². The first kappa shape index (κ1) is 28.5. The van der Waals surface area contributed by atoms with E-state index < -0.39 is 11.2 Å². The molecule has 0 aromatic carbocycles. The van der Waals surface area contributed by atoms with Crippen molar-refractivity contribution in [1.82, 2.24) is 0 Å². The molecule has 3 saturated heterocycles. The molecule has 4 saturated carbocycles. The van der Waals surface area contributed by atoms with Crippen LogP contribution >= 0.6 is 0 Å². The van der Waals surface area contributed by atoms with Crippen molar-refractivity contribution in [2.45, 2.75) is 152 Å². The van der Waals surface area contributed by atoms with Crippen molar-refractivity contribution >= 4 is 5.97 Å². The summed E-state index contributed by atoms with van der Waals surface area (Å²) < 4.78 is 13.0. The first-order chi connectivity index (χ1) is 17.8.